The van der Waals surface area contributed by atoms with E-state index in [2.05, 4.69) is 5.32 Å². The molecule has 1 aromatic rings. The molecule has 0 atom stereocenters. The topological polar surface area (TPSA) is 114 Å². The Kier molecular flexibility index (Phi) is 5.26. The van der Waals surface area contributed by atoms with Crippen LogP contribution >= 0.6 is 0 Å². The first-order chi connectivity index (χ1) is 12.3. The monoisotopic (exact) mass is 364 g/mol. The van der Waals surface area contributed by atoms with Crippen LogP contribution < -0.4 is 16.6 Å². The van der Waals surface area contributed by atoms with Gasteiger partial charge in [-0.05, 0) is 31.6 Å². The molecule has 2 aliphatic carbocycles. The normalized spacial score (nSPS) is 22.1. The second-order valence-electron chi connectivity index (χ2n) is 7.28. The third kappa shape index (κ3) is 4.40. The summed E-state index contributed by atoms with van der Waals surface area (Å²) >= 11 is 0. The molecular weight excluding hydrogens is 340 g/mol. The van der Waals surface area contributed by atoms with Crippen molar-refractivity contribution in [1.82, 2.24) is 19.4 Å². The van der Waals surface area contributed by atoms with Crippen molar-refractivity contribution in [2.45, 2.75) is 44.3 Å². The van der Waals surface area contributed by atoms with E-state index in [-0.39, 0.29) is 31.1 Å². The number of carbonyl (C=O) groups is 2. The first-order valence-electron chi connectivity index (χ1n) is 8.85. The lowest BCUT2D eigenvalue weighted by Gasteiger charge is -2.42. The highest BCUT2D eigenvalue weighted by Crippen LogP contribution is 2.33. The largest absolute Gasteiger partial charge is 0.480 e. The molecule has 9 heteroatoms. The second kappa shape index (κ2) is 7.45. The van der Waals surface area contributed by atoms with Crippen molar-refractivity contribution in [1.29, 1.82) is 0 Å². The third-order valence-electron chi connectivity index (χ3n) is 5.10. The lowest BCUT2D eigenvalue weighted by molar-refractivity contribution is -0.140. The summed E-state index contributed by atoms with van der Waals surface area (Å²) in [5, 5.41) is 11.9. The van der Waals surface area contributed by atoms with Crippen LogP contribution in [0.4, 0.5) is 0 Å². The number of carboxylic acid groups (broad SMARTS) is 1. The summed E-state index contributed by atoms with van der Waals surface area (Å²) in [5.41, 5.74) is -0.945. The van der Waals surface area contributed by atoms with Gasteiger partial charge in [0.05, 0.1) is 6.54 Å². The fourth-order valence-electron chi connectivity index (χ4n) is 3.32. The van der Waals surface area contributed by atoms with Gasteiger partial charge in [0.25, 0.3) is 5.56 Å². The van der Waals surface area contributed by atoms with Crippen molar-refractivity contribution in [2.24, 2.45) is 13.0 Å². The van der Waals surface area contributed by atoms with Crippen LogP contribution in [0.1, 0.15) is 25.7 Å². The smallest absolute Gasteiger partial charge is 0.331 e. The van der Waals surface area contributed by atoms with Gasteiger partial charge in [0.1, 0.15) is 6.54 Å². The Balaban J connectivity index is 1.49. The van der Waals surface area contributed by atoms with E-state index in [4.69, 9.17) is 5.11 Å². The molecule has 26 heavy (non-hydrogen) atoms. The SMILES string of the molecule is Cn1c(=O)ccn(CC(=O)NC2CC(N(CC(=O)O)CC3CC3)C2)c1=O. The number of aromatic nitrogens is 2. The molecule has 0 spiro atoms. The van der Waals surface area contributed by atoms with Crippen LogP contribution in [0.3, 0.4) is 0 Å². The molecule has 2 saturated carbocycles. The highest BCUT2D eigenvalue weighted by molar-refractivity contribution is 5.76. The Morgan fingerprint density at radius 3 is 2.62 bits per heavy atom. The van der Waals surface area contributed by atoms with E-state index in [0.717, 1.165) is 24.0 Å². The zero-order chi connectivity index (χ0) is 18.8. The highest BCUT2D eigenvalue weighted by Gasteiger charge is 2.37. The fourth-order valence-corrected chi connectivity index (χ4v) is 3.32. The molecule has 0 aromatic carbocycles. The number of amides is 1. The first-order valence-corrected chi connectivity index (χ1v) is 8.85. The minimum atomic E-state index is -0.827. The van der Waals surface area contributed by atoms with Gasteiger partial charge in [-0.2, -0.15) is 0 Å². The number of hydrogen-bond donors (Lipinski definition) is 2. The molecule has 0 aliphatic heterocycles. The van der Waals surface area contributed by atoms with E-state index in [1.165, 1.54) is 23.9 Å². The molecule has 1 amide bonds. The summed E-state index contributed by atoms with van der Waals surface area (Å²) < 4.78 is 2.14. The molecule has 1 aromatic heterocycles. The molecule has 0 unspecified atom stereocenters. The Hall–Kier alpha value is -2.42. The Morgan fingerprint density at radius 1 is 1.31 bits per heavy atom. The Labute approximate surface area is 150 Å². The van der Waals surface area contributed by atoms with E-state index in [1.54, 1.807) is 0 Å². The van der Waals surface area contributed by atoms with Crippen LogP contribution in [0.25, 0.3) is 0 Å². The van der Waals surface area contributed by atoms with E-state index in [1.807, 2.05) is 4.90 Å². The van der Waals surface area contributed by atoms with Gasteiger partial charge in [0, 0.05) is 37.9 Å². The van der Waals surface area contributed by atoms with Crippen LogP contribution in [-0.2, 0) is 23.2 Å². The number of hydrogen-bond acceptors (Lipinski definition) is 5. The zero-order valence-corrected chi connectivity index (χ0v) is 14.8. The Morgan fingerprint density at radius 2 is 2.00 bits per heavy atom. The van der Waals surface area contributed by atoms with Gasteiger partial charge < -0.3 is 10.4 Å². The molecular formula is C17H24N4O5. The van der Waals surface area contributed by atoms with E-state index in [9.17, 15) is 19.2 Å². The molecule has 0 radical (unpaired) electrons. The van der Waals surface area contributed by atoms with Crippen LogP contribution in [0.15, 0.2) is 21.9 Å². The number of rotatable bonds is 8. The van der Waals surface area contributed by atoms with E-state index in [0.29, 0.717) is 18.8 Å². The molecule has 0 bridgehead atoms. The average molecular weight is 364 g/mol. The highest BCUT2D eigenvalue weighted by atomic mass is 16.4. The quantitative estimate of drug-likeness (QED) is 0.611. The van der Waals surface area contributed by atoms with Crippen molar-refractivity contribution in [3.8, 4) is 0 Å². The molecule has 0 saturated heterocycles. The van der Waals surface area contributed by atoms with Crippen LogP contribution in [0.2, 0.25) is 0 Å². The van der Waals surface area contributed by atoms with Gasteiger partial charge in [-0.15, -0.1) is 0 Å². The average Bonchev–Trinajstić information content (AvgIpc) is 3.34. The lowest BCUT2D eigenvalue weighted by atomic mass is 9.85. The van der Waals surface area contributed by atoms with Crippen molar-refractivity contribution in [3.05, 3.63) is 33.1 Å². The van der Waals surface area contributed by atoms with Gasteiger partial charge in [0.2, 0.25) is 5.91 Å². The number of carbonyl (C=O) groups excluding carboxylic acids is 1. The zero-order valence-electron chi connectivity index (χ0n) is 14.8. The van der Waals surface area contributed by atoms with Crippen LogP contribution in [-0.4, -0.2) is 56.2 Å². The molecule has 1 heterocycles. The van der Waals surface area contributed by atoms with Crippen LogP contribution in [0.5, 0.6) is 0 Å². The maximum atomic E-state index is 12.1. The summed E-state index contributed by atoms with van der Waals surface area (Å²) in [6.07, 6.45) is 5.08. The van der Waals surface area contributed by atoms with Crippen LogP contribution in [0, 0.1) is 5.92 Å². The predicted molar refractivity (Wildman–Crippen MR) is 92.8 cm³/mol. The molecule has 9 nitrogen and oxygen atoms in total. The van der Waals surface area contributed by atoms with Crippen molar-refractivity contribution in [2.75, 3.05) is 13.1 Å². The first kappa shape index (κ1) is 18.4. The maximum Gasteiger partial charge on any atom is 0.331 e. The molecule has 2 fully saturated rings. The van der Waals surface area contributed by atoms with Crippen molar-refractivity contribution in [3.63, 3.8) is 0 Å². The van der Waals surface area contributed by atoms with Gasteiger partial charge in [0.15, 0.2) is 0 Å². The van der Waals surface area contributed by atoms with Crippen molar-refractivity contribution >= 4 is 11.9 Å². The number of nitrogens with zero attached hydrogens (tertiary/aromatic N) is 3. The summed E-state index contributed by atoms with van der Waals surface area (Å²) in [6, 6.07) is 1.42. The minimum absolute atomic E-state index is 0.00812. The minimum Gasteiger partial charge on any atom is -0.480 e. The second-order valence-corrected chi connectivity index (χ2v) is 7.28. The van der Waals surface area contributed by atoms with Gasteiger partial charge in [-0.25, -0.2) is 4.79 Å². The van der Waals surface area contributed by atoms with Gasteiger partial charge >= 0.3 is 11.7 Å². The lowest BCUT2D eigenvalue weighted by Crippen LogP contribution is -2.56. The van der Waals surface area contributed by atoms with Gasteiger partial charge in [-0.3, -0.25) is 28.4 Å². The summed E-state index contributed by atoms with van der Waals surface area (Å²) in [5.74, 6) is -0.507. The standard InChI is InChI=1S/C17H24N4O5/c1-19-15(23)4-5-20(17(19)26)9-14(22)18-12-6-13(7-12)21(10-16(24)25)8-11-2-3-11/h4-5,11-13H,2-3,6-10H2,1H3,(H,18,22)(H,24,25). The van der Waals surface area contributed by atoms with Gasteiger partial charge in [-0.1, -0.05) is 0 Å². The summed E-state index contributed by atoms with van der Waals surface area (Å²) in [6.45, 7) is 0.704. The Bertz CT molecular complexity index is 804. The third-order valence-corrected chi connectivity index (χ3v) is 5.10. The van der Waals surface area contributed by atoms with E-state index < -0.39 is 17.2 Å². The van der Waals surface area contributed by atoms with E-state index >= 15 is 0 Å². The number of aliphatic carboxylic acids is 1. The number of nitrogens with one attached hydrogen (secondary N) is 1. The molecule has 2 N–H and O–H groups in total. The summed E-state index contributed by atoms with van der Waals surface area (Å²) in [4.78, 5) is 48.5. The molecule has 3 rings (SSSR count). The van der Waals surface area contributed by atoms with Crippen molar-refractivity contribution < 1.29 is 14.7 Å². The summed E-state index contributed by atoms with van der Waals surface area (Å²) in [7, 11) is 1.37. The molecule has 2 aliphatic rings. The predicted octanol–water partition coefficient (Wildman–Crippen LogP) is -1.01. The maximum absolute atomic E-state index is 12.1. The number of carboxylic acids is 1. The molecule has 142 valence electrons. The fraction of sp³-hybridized carbons (Fsp3) is 0.647.